The fourth-order valence-corrected chi connectivity index (χ4v) is 11.3. The number of hydrogen-bond donors (Lipinski definition) is 25. The van der Waals surface area contributed by atoms with Gasteiger partial charge in [-0.05, 0) is 53.9 Å². The average molecular weight is 1490 g/mol. The maximum Gasteiger partial charge on any atom is 0.407 e. The standard InChI is InChI=1S/C65H96N6O31S/c1-30(18-52(86)68-24-46(80)58(93)61(96)49(83)27-74)55(71-65(101)102-28-38-36-8-4-2-6-34(36)35-7-3-5-9-37(35)38)43(77)20-32(11-17-54(89)90)63(98)69-39(12-14-50(84)66-22-44(78)56(91)59(94)47(81)25-72)41(75)19-31(10-16-53(87)88)62(97)70-40(42(76)21-33(29-103)64(99)100)13-15-51(85)67-23-45(79)57(92)60(95)48(82)26-73/h2-9,30-33,38-40,44-49,55-61,72-74,78-83,91-96,103H,10-29H2,1H3,(H,66,84)(H,67,85)(H,68,86)(H,69,98)(H,70,97)(H,71,101)(H,87,88)(H,89,90)(H,99,100)/t30?,31-,32-,33+,39+,40+,44+,45+,46+,47-,48-,49-,55+,56-,57-,58-,59-,60-,61-/m1/s1. The Morgan fingerprint density at radius 1 is 0.437 bits per heavy atom. The fraction of sp³-hybridized carbons (Fsp3) is 0.631. The van der Waals surface area contributed by atoms with Crippen LogP contribution in [-0.2, 0) is 57.5 Å². The van der Waals surface area contributed by atoms with Gasteiger partial charge >= 0.3 is 24.0 Å². The Bertz CT molecular complexity index is 3110. The molecule has 0 saturated carbocycles. The van der Waals surface area contributed by atoms with E-state index in [-0.39, 0.29) is 6.61 Å². The summed E-state index contributed by atoms with van der Waals surface area (Å²) in [4.78, 5) is 163. The third-order valence-electron chi connectivity index (χ3n) is 17.3. The Labute approximate surface area is 595 Å². The van der Waals surface area contributed by atoms with Crippen LogP contribution in [0.3, 0.4) is 0 Å². The van der Waals surface area contributed by atoms with Crippen molar-refractivity contribution in [3.05, 3.63) is 59.7 Å². The van der Waals surface area contributed by atoms with Crippen LogP contribution in [0.4, 0.5) is 4.79 Å². The van der Waals surface area contributed by atoms with Crippen LogP contribution in [0.25, 0.3) is 11.1 Å². The van der Waals surface area contributed by atoms with Crippen LogP contribution in [0, 0.1) is 23.7 Å². The van der Waals surface area contributed by atoms with E-state index in [0.29, 0.717) is 0 Å². The lowest BCUT2D eigenvalue weighted by Crippen LogP contribution is -2.51. The molecule has 0 radical (unpaired) electrons. The zero-order valence-corrected chi connectivity index (χ0v) is 57.0. The van der Waals surface area contributed by atoms with E-state index < -0.39 is 314 Å². The Balaban J connectivity index is 2.09. The molecule has 2 aromatic carbocycles. The number of carbonyl (C=O) groups is 12. The number of hydrogen-bond acceptors (Lipinski definition) is 29. The molecule has 24 N–H and O–H groups in total. The van der Waals surface area contributed by atoms with E-state index in [1.165, 1.54) is 6.92 Å². The van der Waals surface area contributed by atoms with Crippen LogP contribution in [-0.4, -0.2) is 306 Å². The molecule has 2 aromatic rings. The van der Waals surface area contributed by atoms with E-state index >= 15 is 0 Å². The molecule has 3 rings (SSSR count). The minimum atomic E-state index is -2.18. The van der Waals surface area contributed by atoms with Crippen LogP contribution in [0.5, 0.6) is 0 Å². The predicted octanol–water partition coefficient (Wildman–Crippen LogP) is -7.42. The molecule has 1 unspecified atom stereocenters. The van der Waals surface area contributed by atoms with Crippen molar-refractivity contribution < 1.29 is 154 Å². The van der Waals surface area contributed by atoms with Gasteiger partial charge in [-0.1, -0.05) is 55.5 Å². The first-order chi connectivity index (χ1) is 48.5. The quantitative estimate of drug-likeness (QED) is 0.0274. The van der Waals surface area contributed by atoms with E-state index in [1.54, 1.807) is 24.3 Å². The Kier molecular flexibility index (Phi) is 38.9. The highest BCUT2D eigenvalue weighted by Gasteiger charge is 2.39. The van der Waals surface area contributed by atoms with Crippen molar-refractivity contribution in [3.8, 4) is 11.1 Å². The average Bonchev–Trinajstić information content (AvgIpc) is 1.62. The van der Waals surface area contributed by atoms with Crippen molar-refractivity contribution >= 4 is 83.5 Å². The molecule has 578 valence electrons. The molecule has 0 saturated heterocycles. The number of aliphatic hydroxyl groups is 15. The molecule has 103 heavy (non-hydrogen) atoms. The third-order valence-corrected chi connectivity index (χ3v) is 17.8. The summed E-state index contributed by atoms with van der Waals surface area (Å²) in [6, 6.07) is 8.81. The summed E-state index contributed by atoms with van der Waals surface area (Å²) in [5, 5.41) is 192. The van der Waals surface area contributed by atoms with Gasteiger partial charge in [0.15, 0.2) is 17.3 Å². The minimum Gasteiger partial charge on any atom is -0.481 e. The maximum absolute atomic E-state index is 14.8. The fourth-order valence-electron chi connectivity index (χ4n) is 11.0. The number of carboxylic acid groups (broad SMARTS) is 3. The van der Waals surface area contributed by atoms with E-state index in [2.05, 4.69) is 44.5 Å². The lowest BCUT2D eigenvalue weighted by Gasteiger charge is -2.28. The number of nitrogens with one attached hydrogen (secondary N) is 6. The van der Waals surface area contributed by atoms with E-state index in [1.807, 2.05) is 24.3 Å². The molecule has 0 fully saturated rings. The second-order valence-electron chi connectivity index (χ2n) is 25.1. The van der Waals surface area contributed by atoms with Crippen molar-refractivity contribution in [2.24, 2.45) is 23.7 Å². The summed E-state index contributed by atoms with van der Waals surface area (Å²) in [5.41, 5.74) is 3.24. The second-order valence-corrected chi connectivity index (χ2v) is 25.5. The van der Waals surface area contributed by atoms with Gasteiger partial charge in [-0.15, -0.1) is 0 Å². The number of ketones is 3. The number of Topliss-reactive ketones (excluding diaryl/α,β-unsaturated/α-hetero) is 3. The zero-order chi connectivity index (χ0) is 77.5. The first-order valence-corrected chi connectivity index (χ1v) is 33.5. The number of rotatable bonds is 51. The topological polar surface area (TPSA) is 650 Å². The molecule has 0 spiro atoms. The van der Waals surface area contributed by atoms with E-state index in [0.717, 1.165) is 22.3 Å². The van der Waals surface area contributed by atoms with Crippen molar-refractivity contribution in [1.29, 1.82) is 0 Å². The molecule has 1 aliphatic rings. The lowest BCUT2D eigenvalue weighted by molar-refractivity contribution is -0.143. The van der Waals surface area contributed by atoms with Crippen LogP contribution in [0.1, 0.15) is 101 Å². The highest BCUT2D eigenvalue weighted by molar-refractivity contribution is 7.80. The number of amides is 6. The number of ether oxygens (including phenoxy) is 1. The van der Waals surface area contributed by atoms with Crippen LogP contribution in [0.15, 0.2) is 48.5 Å². The Morgan fingerprint density at radius 3 is 1.15 bits per heavy atom. The molecule has 0 heterocycles. The van der Waals surface area contributed by atoms with Crippen molar-refractivity contribution in [2.45, 2.75) is 181 Å². The van der Waals surface area contributed by atoms with Crippen LogP contribution >= 0.6 is 12.6 Å². The second kappa shape index (κ2) is 44.8. The molecular weight excluding hydrogens is 1390 g/mol. The monoisotopic (exact) mass is 1490 g/mol. The molecular formula is C65H96N6O31S. The first kappa shape index (κ1) is 89.4. The summed E-state index contributed by atoms with van der Waals surface area (Å²) in [6.45, 7) is -4.63. The van der Waals surface area contributed by atoms with Gasteiger partial charge in [0, 0.05) is 94.5 Å². The zero-order valence-electron chi connectivity index (χ0n) is 56.1. The third kappa shape index (κ3) is 29.0. The number of fused-ring (bicyclic) bond motifs is 3. The Hall–Kier alpha value is -7.77. The maximum atomic E-state index is 14.8. The largest absolute Gasteiger partial charge is 0.481 e. The van der Waals surface area contributed by atoms with E-state index in [9.17, 15) is 144 Å². The predicted molar refractivity (Wildman–Crippen MR) is 355 cm³/mol. The lowest BCUT2D eigenvalue weighted by atomic mass is 9.86. The smallest absolute Gasteiger partial charge is 0.407 e. The highest BCUT2D eigenvalue weighted by Crippen LogP contribution is 2.44. The number of carbonyl (C=O) groups excluding carboxylic acids is 9. The summed E-state index contributed by atoms with van der Waals surface area (Å²) in [7, 11) is 0. The van der Waals surface area contributed by atoms with Crippen molar-refractivity contribution in [2.75, 3.05) is 51.8 Å². The van der Waals surface area contributed by atoms with Crippen molar-refractivity contribution in [3.63, 3.8) is 0 Å². The van der Waals surface area contributed by atoms with Gasteiger partial charge in [0.05, 0.1) is 62.2 Å². The molecule has 0 aromatic heterocycles. The molecule has 38 heteroatoms. The normalized spacial score (nSPS) is 17.6. The summed E-state index contributed by atoms with van der Waals surface area (Å²) < 4.78 is 5.69. The molecule has 6 amide bonds. The molecule has 0 aliphatic heterocycles. The number of alkyl carbamates (subject to hydrolysis) is 1. The minimum absolute atomic E-state index is 0.320. The molecule has 19 atom stereocenters. The Morgan fingerprint density at radius 2 is 0.786 bits per heavy atom. The number of benzene rings is 2. The van der Waals surface area contributed by atoms with Crippen molar-refractivity contribution in [1.82, 2.24) is 31.9 Å². The van der Waals surface area contributed by atoms with Gasteiger partial charge in [-0.3, -0.25) is 52.7 Å². The van der Waals surface area contributed by atoms with Gasteiger partial charge < -0.3 is 129 Å². The van der Waals surface area contributed by atoms with Crippen LogP contribution < -0.4 is 31.9 Å². The summed E-state index contributed by atoms with van der Waals surface area (Å²) in [5.74, 6) is -21.0. The van der Waals surface area contributed by atoms with E-state index in [4.69, 9.17) is 9.84 Å². The van der Waals surface area contributed by atoms with Gasteiger partial charge in [0.2, 0.25) is 29.5 Å². The van der Waals surface area contributed by atoms with Gasteiger partial charge in [0.1, 0.15) is 61.5 Å². The number of carboxylic acids is 3. The summed E-state index contributed by atoms with van der Waals surface area (Å²) >= 11 is 3.96. The van der Waals surface area contributed by atoms with Gasteiger partial charge in [-0.2, -0.15) is 12.6 Å². The number of aliphatic carboxylic acids is 3. The summed E-state index contributed by atoms with van der Waals surface area (Å²) in [6.07, 6.45) is -35.7. The SMILES string of the molecule is CC(CC(=O)NC[C@H](O)[C@@H](O)[C@H](O)[C@H](O)CO)[C@H](NC(=O)OCC1c2ccccc2-c2ccccc21)C(=O)C[C@@H](CCC(=O)O)C(=O)N[C@@H](CCC(=O)NC[C@H](O)[C@@H](O)[C@H](O)[C@H](O)CO)C(=O)C[C@@H](CCC(=O)O)C(=O)N[C@@H](CCC(=O)NC[C@H](O)[C@@H](O)[C@H](O)[C@H](O)CO)C(=O)C[C@@H](CS)C(=O)O. The molecule has 37 nitrogen and oxygen atoms in total. The number of aliphatic hydroxyl groups excluding tert-OH is 15. The highest BCUT2D eigenvalue weighted by atomic mass is 32.1. The molecule has 0 bridgehead atoms. The first-order valence-electron chi connectivity index (χ1n) is 32.9. The number of thiol groups is 1. The van der Waals surface area contributed by atoms with Gasteiger partial charge in [-0.25, -0.2) is 4.79 Å². The molecule has 1 aliphatic carbocycles. The van der Waals surface area contributed by atoms with Crippen LogP contribution in [0.2, 0.25) is 0 Å². The van der Waals surface area contributed by atoms with Gasteiger partial charge in [0.25, 0.3) is 0 Å².